The van der Waals surface area contributed by atoms with E-state index in [0.29, 0.717) is 6.10 Å². The molecule has 1 saturated heterocycles. The van der Waals surface area contributed by atoms with E-state index in [1.54, 1.807) is 0 Å². The zero-order valence-electron chi connectivity index (χ0n) is 12.0. The quantitative estimate of drug-likeness (QED) is 0.673. The first-order chi connectivity index (χ1) is 8.88. The highest BCUT2D eigenvalue weighted by Crippen LogP contribution is 2.27. The molecule has 3 nitrogen and oxygen atoms in total. The third kappa shape index (κ3) is 4.87. The minimum Gasteiger partial charge on any atom is -0.378 e. The molecule has 0 bridgehead atoms. The van der Waals surface area contributed by atoms with Gasteiger partial charge < -0.3 is 15.0 Å². The minimum atomic E-state index is 0.521. The first-order valence-corrected chi connectivity index (χ1v) is 7.93. The Hall–Kier alpha value is -0.120. The lowest BCUT2D eigenvalue weighted by Gasteiger charge is -2.32. The number of rotatable bonds is 8. The summed E-state index contributed by atoms with van der Waals surface area (Å²) >= 11 is 0. The summed E-state index contributed by atoms with van der Waals surface area (Å²) in [5.41, 5.74) is 0. The SMILES string of the molecule is CCN(CCCOC1CCNCC1)CC1CCC1. The van der Waals surface area contributed by atoms with Gasteiger partial charge >= 0.3 is 0 Å². The summed E-state index contributed by atoms with van der Waals surface area (Å²) in [6, 6.07) is 0. The van der Waals surface area contributed by atoms with Crippen molar-refractivity contribution in [1.29, 1.82) is 0 Å². The molecule has 0 spiro atoms. The molecule has 1 aliphatic carbocycles. The van der Waals surface area contributed by atoms with Crippen molar-refractivity contribution in [2.45, 2.75) is 51.6 Å². The molecule has 0 aromatic rings. The van der Waals surface area contributed by atoms with Crippen LogP contribution in [0.15, 0.2) is 0 Å². The lowest BCUT2D eigenvalue weighted by molar-refractivity contribution is 0.0268. The Morgan fingerprint density at radius 1 is 1.17 bits per heavy atom. The van der Waals surface area contributed by atoms with Gasteiger partial charge in [-0.1, -0.05) is 13.3 Å². The maximum absolute atomic E-state index is 5.96. The number of hydrogen-bond donors (Lipinski definition) is 1. The second-order valence-corrected chi connectivity index (χ2v) is 5.86. The van der Waals surface area contributed by atoms with Gasteiger partial charge in [-0.15, -0.1) is 0 Å². The van der Waals surface area contributed by atoms with Crippen molar-refractivity contribution in [2.24, 2.45) is 5.92 Å². The first-order valence-electron chi connectivity index (χ1n) is 7.93. The Morgan fingerprint density at radius 3 is 2.56 bits per heavy atom. The van der Waals surface area contributed by atoms with Gasteiger partial charge in [0.1, 0.15) is 0 Å². The predicted molar refractivity (Wildman–Crippen MR) is 75.9 cm³/mol. The van der Waals surface area contributed by atoms with Gasteiger partial charge in [0.2, 0.25) is 0 Å². The Kier molecular flexibility index (Phi) is 6.46. The molecule has 2 rings (SSSR count). The summed E-state index contributed by atoms with van der Waals surface area (Å²) in [5, 5.41) is 3.38. The monoisotopic (exact) mass is 254 g/mol. The van der Waals surface area contributed by atoms with E-state index in [-0.39, 0.29) is 0 Å². The van der Waals surface area contributed by atoms with Crippen molar-refractivity contribution >= 4 is 0 Å². The Morgan fingerprint density at radius 2 is 1.94 bits per heavy atom. The number of piperidine rings is 1. The van der Waals surface area contributed by atoms with Crippen LogP contribution in [0.1, 0.15) is 45.4 Å². The lowest BCUT2D eigenvalue weighted by Crippen LogP contribution is -2.35. The van der Waals surface area contributed by atoms with Crippen molar-refractivity contribution in [3.63, 3.8) is 0 Å². The standard InChI is InChI=1S/C15H30N2O/c1-2-17(13-14-5-3-6-14)11-4-12-18-15-7-9-16-10-8-15/h14-16H,2-13H2,1H3. The van der Waals surface area contributed by atoms with Crippen molar-refractivity contribution in [3.8, 4) is 0 Å². The molecule has 2 aliphatic rings. The molecule has 106 valence electrons. The number of nitrogens with zero attached hydrogens (tertiary/aromatic N) is 1. The minimum absolute atomic E-state index is 0.521. The second-order valence-electron chi connectivity index (χ2n) is 5.86. The maximum Gasteiger partial charge on any atom is 0.0599 e. The zero-order chi connectivity index (χ0) is 12.6. The van der Waals surface area contributed by atoms with Crippen LogP contribution in [0, 0.1) is 5.92 Å². The smallest absolute Gasteiger partial charge is 0.0599 e. The van der Waals surface area contributed by atoms with Gasteiger partial charge in [-0.3, -0.25) is 0 Å². The van der Waals surface area contributed by atoms with Crippen molar-refractivity contribution in [1.82, 2.24) is 10.2 Å². The molecule has 18 heavy (non-hydrogen) atoms. The molecule has 2 fully saturated rings. The van der Waals surface area contributed by atoms with Crippen LogP contribution >= 0.6 is 0 Å². The molecule has 0 amide bonds. The third-order valence-electron chi connectivity index (χ3n) is 4.45. The largest absolute Gasteiger partial charge is 0.378 e. The van der Waals surface area contributed by atoms with Crippen LogP contribution < -0.4 is 5.32 Å². The highest BCUT2D eigenvalue weighted by molar-refractivity contribution is 4.73. The number of ether oxygens (including phenoxy) is 1. The van der Waals surface area contributed by atoms with E-state index >= 15 is 0 Å². The molecule has 0 atom stereocenters. The molecule has 0 unspecified atom stereocenters. The van der Waals surface area contributed by atoms with Crippen LogP contribution in [0.4, 0.5) is 0 Å². The summed E-state index contributed by atoms with van der Waals surface area (Å²) < 4.78 is 5.96. The number of nitrogens with one attached hydrogen (secondary N) is 1. The molecular formula is C15H30N2O. The van der Waals surface area contributed by atoms with Gasteiger partial charge in [0, 0.05) is 19.7 Å². The van der Waals surface area contributed by atoms with Crippen LogP contribution in [0.5, 0.6) is 0 Å². The van der Waals surface area contributed by atoms with Crippen LogP contribution in [-0.4, -0.2) is 50.3 Å². The van der Waals surface area contributed by atoms with Gasteiger partial charge in [-0.25, -0.2) is 0 Å². The Labute approximate surface area is 112 Å². The summed E-state index contributed by atoms with van der Waals surface area (Å²) in [6.07, 6.45) is 8.49. The van der Waals surface area contributed by atoms with E-state index in [4.69, 9.17) is 4.74 Å². The van der Waals surface area contributed by atoms with E-state index < -0.39 is 0 Å². The average molecular weight is 254 g/mol. The molecule has 1 N–H and O–H groups in total. The molecule has 3 heteroatoms. The fourth-order valence-corrected chi connectivity index (χ4v) is 2.92. The van der Waals surface area contributed by atoms with E-state index in [1.807, 2.05) is 0 Å². The summed E-state index contributed by atoms with van der Waals surface area (Å²) in [4.78, 5) is 2.61. The highest BCUT2D eigenvalue weighted by atomic mass is 16.5. The fourth-order valence-electron chi connectivity index (χ4n) is 2.92. The molecule has 1 saturated carbocycles. The van der Waals surface area contributed by atoms with Crippen LogP contribution in [-0.2, 0) is 4.74 Å². The fraction of sp³-hybridized carbons (Fsp3) is 1.00. The Bertz CT molecular complexity index is 213. The summed E-state index contributed by atoms with van der Waals surface area (Å²) in [7, 11) is 0. The van der Waals surface area contributed by atoms with Crippen LogP contribution in [0.2, 0.25) is 0 Å². The topological polar surface area (TPSA) is 24.5 Å². The van der Waals surface area contributed by atoms with Gasteiger partial charge in [0.25, 0.3) is 0 Å². The van der Waals surface area contributed by atoms with E-state index in [9.17, 15) is 0 Å². The third-order valence-corrected chi connectivity index (χ3v) is 4.45. The van der Waals surface area contributed by atoms with Crippen LogP contribution in [0.3, 0.4) is 0 Å². The first kappa shape index (κ1) is 14.3. The summed E-state index contributed by atoms with van der Waals surface area (Å²) in [5.74, 6) is 0.996. The van der Waals surface area contributed by atoms with E-state index in [1.165, 1.54) is 58.2 Å². The maximum atomic E-state index is 5.96. The van der Waals surface area contributed by atoms with Gasteiger partial charge in [-0.2, -0.15) is 0 Å². The summed E-state index contributed by atoms with van der Waals surface area (Å²) in [6.45, 7) is 9.24. The average Bonchev–Trinajstić information content (AvgIpc) is 2.37. The van der Waals surface area contributed by atoms with Gasteiger partial charge in [0.05, 0.1) is 6.10 Å². The Balaban J connectivity index is 1.49. The molecule has 0 radical (unpaired) electrons. The molecule has 1 aliphatic heterocycles. The normalized spacial score (nSPS) is 22.3. The van der Waals surface area contributed by atoms with Gasteiger partial charge in [0.15, 0.2) is 0 Å². The highest BCUT2D eigenvalue weighted by Gasteiger charge is 2.19. The van der Waals surface area contributed by atoms with Crippen LogP contribution in [0.25, 0.3) is 0 Å². The van der Waals surface area contributed by atoms with Crippen molar-refractivity contribution in [2.75, 3.05) is 39.3 Å². The molecule has 0 aromatic heterocycles. The van der Waals surface area contributed by atoms with E-state index in [0.717, 1.165) is 25.6 Å². The second kappa shape index (κ2) is 8.13. The van der Waals surface area contributed by atoms with Crippen molar-refractivity contribution < 1.29 is 4.74 Å². The zero-order valence-corrected chi connectivity index (χ0v) is 12.0. The predicted octanol–water partition coefficient (Wildman–Crippen LogP) is 2.27. The molecule has 1 heterocycles. The number of hydrogen-bond acceptors (Lipinski definition) is 3. The van der Waals surface area contributed by atoms with Gasteiger partial charge in [-0.05, 0) is 57.7 Å². The lowest BCUT2D eigenvalue weighted by atomic mass is 9.85. The van der Waals surface area contributed by atoms with E-state index in [2.05, 4.69) is 17.1 Å². The molecular weight excluding hydrogens is 224 g/mol. The van der Waals surface area contributed by atoms with Crippen molar-refractivity contribution in [3.05, 3.63) is 0 Å². The molecule has 0 aromatic carbocycles.